The van der Waals surface area contributed by atoms with E-state index in [-0.39, 0.29) is 0 Å². The van der Waals surface area contributed by atoms with Crippen LogP contribution in [0.15, 0.2) is 199 Å². The third-order valence-electron chi connectivity index (χ3n) is 11.5. The van der Waals surface area contributed by atoms with Gasteiger partial charge in [0.1, 0.15) is 11.2 Å². The summed E-state index contributed by atoms with van der Waals surface area (Å²) in [4.78, 5) is 0. The second-order valence-corrected chi connectivity index (χ2v) is 14.5. The first kappa shape index (κ1) is 30.1. The molecule has 256 valence electrons. The molecule has 0 bridgehead atoms. The molecule has 3 heteroatoms. The van der Waals surface area contributed by atoms with E-state index in [1.54, 1.807) is 0 Å². The van der Waals surface area contributed by atoms with E-state index in [1.165, 1.54) is 88.0 Å². The molecule has 0 fully saturated rings. The largest absolute Gasteiger partial charge is 0.456 e. The second kappa shape index (κ2) is 11.6. The van der Waals surface area contributed by atoms with Gasteiger partial charge < -0.3 is 13.6 Å². The van der Waals surface area contributed by atoms with Gasteiger partial charge in [0.25, 0.3) is 0 Å². The maximum absolute atomic E-state index is 6.25. The molecular formula is C52H32N2O. The van der Waals surface area contributed by atoms with Crippen molar-refractivity contribution in [1.82, 2.24) is 9.13 Å². The van der Waals surface area contributed by atoms with Gasteiger partial charge in [0.2, 0.25) is 0 Å². The Morgan fingerprint density at radius 2 is 0.945 bits per heavy atom. The lowest BCUT2D eigenvalue weighted by molar-refractivity contribution is 0.669. The number of rotatable bonds is 4. The predicted octanol–water partition coefficient (Wildman–Crippen LogP) is 14.3. The molecule has 0 aliphatic rings. The molecule has 3 nitrogen and oxygen atoms in total. The van der Waals surface area contributed by atoms with Gasteiger partial charge in [0, 0.05) is 43.4 Å². The number of fused-ring (bicyclic) bond motifs is 10. The van der Waals surface area contributed by atoms with Crippen LogP contribution in [0.4, 0.5) is 0 Å². The molecule has 12 aromatic rings. The molecule has 0 atom stereocenters. The first-order valence-corrected chi connectivity index (χ1v) is 18.8. The fourth-order valence-corrected chi connectivity index (χ4v) is 9.06. The first-order valence-electron chi connectivity index (χ1n) is 18.8. The summed E-state index contributed by atoms with van der Waals surface area (Å²) in [5, 5.41) is 9.70. The summed E-state index contributed by atoms with van der Waals surface area (Å²) in [5.41, 5.74) is 13.7. The Kier molecular flexibility index (Phi) is 6.34. The molecule has 0 N–H and O–H groups in total. The van der Waals surface area contributed by atoms with Crippen LogP contribution in [0.25, 0.3) is 110 Å². The quantitative estimate of drug-likeness (QED) is 0.179. The van der Waals surface area contributed by atoms with Crippen molar-refractivity contribution in [2.24, 2.45) is 0 Å². The Morgan fingerprint density at radius 3 is 1.82 bits per heavy atom. The molecule has 0 saturated carbocycles. The van der Waals surface area contributed by atoms with E-state index in [1.807, 2.05) is 12.1 Å². The third-order valence-corrected chi connectivity index (χ3v) is 11.5. The van der Waals surface area contributed by atoms with Crippen molar-refractivity contribution in [3.05, 3.63) is 194 Å². The van der Waals surface area contributed by atoms with Crippen LogP contribution in [-0.2, 0) is 0 Å². The van der Waals surface area contributed by atoms with Gasteiger partial charge in [0.15, 0.2) is 0 Å². The standard InChI is InChI=1S/C52H32N2O/c1-2-13-37(14-3-1)53-46-19-7-5-16-41(46)44-31-33(26-29-48(44)53)34-24-28-42-40-15-4-8-20-47(40)54(49(42)32-34)45-21-10-12-35-30-36(25-27-38(35)45)39-18-11-23-51-52(39)43-17-6-9-22-50(43)55-51/h1-32H. The summed E-state index contributed by atoms with van der Waals surface area (Å²) in [6.07, 6.45) is 0. The number of furan rings is 1. The lowest BCUT2D eigenvalue weighted by atomic mass is 9.96. The molecule has 0 amide bonds. The van der Waals surface area contributed by atoms with Crippen molar-refractivity contribution < 1.29 is 4.42 Å². The van der Waals surface area contributed by atoms with E-state index < -0.39 is 0 Å². The highest BCUT2D eigenvalue weighted by Crippen LogP contribution is 2.41. The van der Waals surface area contributed by atoms with E-state index in [2.05, 4.69) is 191 Å². The van der Waals surface area contributed by atoms with Gasteiger partial charge in [-0.15, -0.1) is 0 Å². The SMILES string of the molecule is c1ccc(-n2c3ccccc3c3cc(-c4ccc5c6ccccc6n(-c6cccc7cc(-c8cccc9oc%10ccccc%10c89)ccc67)c5c4)ccc32)cc1. The summed E-state index contributed by atoms with van der Waals surface area (Å²) in [6.45, 7) is 0. The van der Waals surface area contributed by atoms with E-state index >= 15 is 0 Å². The topological polar surface area (TPSA) is 23.0 Å². The highest BCUT2D eigenvalue weighted by Gasteiger charge is 2.18. The lowest BCUT2D eigenvalue weighted by Gasteiger charge is -2.14. The van der Waals surface area contributed by atoms with Crippen molar-refractivity contribution in [2.45, 2.75) is 0 Å². The number of benzene rings is 9. The maximum Gasteiger partial charge on any atom is 0.136 e. The summed E-state index contributed by atoms with van der Waals surface area (Å²) < 4.78 is 11.1. The molecule has 3 aromatic heterocycles. The van der Waals surface area contributed by atoms with Crippen molar-refractivity contribution >= 4 is 76.3 Å². The normalized spacial score (nSPS) is 12.0. The minimum atomic E-state index is 0.912. The van der Waals surface area contributed by atoms with Gasteiger partial charge in [-0.3, -0.25) is 0 Å². The number of hydrogen-bond donors (Lipinski definition) is 0. The number of aromatic nitrogens is 2. The molecule has 0 aliphatic carbocycles. The minimum absolute atomic E-state index is 0.912. The Labute approximate surface area is 316 Å². The Balaban J connectivity index is 1.04. The Bertz CT molecular complexity index is 3490. The molecule has 3 heterocycles. The fourth-order valence-electron chi connectivity index (χ4n) is 9.06. The molecule has 0 spiro atoms. The van der Waals surface area contributed by atoms with Gasteiger partial charge in [-0.05, 0) is 94.4 Å². The summed E-state index contributed by atoms with van der Waals surface area (Å²) >= 11 is 0. The molecule has 9 aromatic carbocycles. The zero-order chi connectivity index (χ0) is 36.0. The summed E-state index contributed by atoms with van der Waals surface area (Å²) in [7, 11) is 0. The maximum atomic E-state index is 6.25. The first-order chi connectivity index (χ1) is 27.3. The zero-order valence-electron chi connectivity index (χ0n) is 29.8. The van der Waals surface area contributed by atoms with E-state index in [0.717, 1.165) is 21.9 Å². The molecule has 55 heavy (non-hydrogen) atoms. The number of nitrogens with zero attached hydrogens (tertiary/aromatic N) is 2. The second-order valence-electron chi connectivity index (χ2n) is 14.5. The third kappa shape index (κ3) is 4.44. The van der Waals surface area contributed by atoms with Gasteiger partial charge in [-0.1, -0.05) is 127 Å². The van der Waals surface area contributed by atoms with E-state index in [9.17, 15) is 0 Å². The van der Waals surface area contributed by atoms with Crippen LogP contribution in [0.2, 0.25) is 0 Å². The van der Waals surface area contributed by atoms with Crippen LogP contribution < -0.4 is 0 Å². The molecule has 12 rings (SSSR count). The van der Waals surface area contributed by atoms with E-state index in [4.69, 9.17) is 4.42 Å². The van der Waals surface area contributed by atoms with E-state index in [0.29, 0.717) is 0 Å². The van der Waals surface area contributed by atoms with Gasteiger partial charge in [-0.25, -0.2) is 0 Å². The van der Waals surface area contributed by atoms with Crippen molar-refractivity contribution in [2.75, 3.05) is 0 Å². The molecule has 0 saturated heterocycles. The van der Waals surface area contributed by atoms with Crippen molar-refractivity contribution in [3.8, 4) is 33.6 Å². The van der Waals surface area contributed by atoms with Crippen molar-refractivity contribution in [1.29, 1.82) is 0 Å². The van der Waals surface area contributed by atoms with Crippen LogP contribution in [-0.4, -0.2) is 9.13 Å². The van der Waals surface area contributed by atoms with Gasteiger partial charge >= 0.3 is 0 Å². The van der Waals surface area contributed by atoms with Crippen LogP contribution in [0.5, 0.6) is 0 Å². The molecule has 0 unspecified atom stereocenters. The highest BCUT2D eigenvalue weighted by molar-refractivity contribution is 6.15. The van der Waals surface area contributed by atoms with Crippen molar-refractivity contribution in [3.63, 3.8) is 0 Å². The zero-order valence-corrected chi connectivity index (χ0v) is 29.8. The Hall–Kier alpha value is -7.36. The average Bonchev–Trinajstić information content (AvgIpc) is 3.91. The number of para-hydroxylation sites is 4. The number of hydrogen-bond acceptors (Lipinski definition) is 1. The summed E-state index contributed by atoms with van der Waals surface area (Å²) in [6, 6.07) is 70.3. The lowest BCUT2D eigenvalue weighted by Crippen LogP contribution is -1.96. The monoisotopic (exact) mass is 700 g/mol. The van der Waals surface area contributed by atoms with Crippen LogP contribution >= 0.6 is 0 Å². The van der Waals surface area contributed by atoms with Gasteiger partial charge in [0.05, 0.1) is 27.8 Å². The van der Waals surface area contributed by atoms with Crippen LogP contribution in [0, 0.1) is 0 Å². The minimum Gasteiger partial charge on any atom is -0.456 e. The van der Waals surface area contributed by atoms with Crippen LogP contribution in [0.3, 0.4) is 0 Å². The highest BCUT2D eigenvalue weighted by atomic mass is 16.3. The average molecular weight is 701 g/mol. The molecule has 0 radical (unpaired) electrons. The Morgan fingerprint density at radius 1 is 0.327 bits per heavy atom. The predicted molar refractivity (Wildman–Crippen MR) is 231 cm³/mol. The molecular weight excluding hydrogens is 669 g/mol. The van der Waals surface area contributed by atoms with Gasteiger partial charge in [-0.2, -0.15) is 0 Å². The molecule has 0 aliphatic heterocycles. The fraction of sp³-hybridized carbons (Fsp3) is 0. The van der Waals surface area contributed by atoms with Crippen LogP contribution in [0.1, 0.15) is 0 Å². The smallest absolute Gasteiger partial charge is 0.136 e. The summed E-state index contributed by atoms with van der Waals surface area (Å²) in [5.74, 6) is 0.